The molecule has 0 unspecified atom stereocenters. The van der Waals surface area contributed by atoms with Crippen LogP contribution in [0, 0.1) is 5.82 Å². The SMILES string of the molecule is CCCNc1cc(C(=O)NCCc2ccccc2F)ccn1. The molecule has 0 aliphatic carbocycles. The quantitative estimate of drug-likeness (QED) is 0.826. The van der Waals surface area contributed by atoms with Gasteiger partial charge in [0.1, 0.15) is 11.6 Å². The van der Waals surface area contributed by atoms with E-state index in [1.165, 1.54) is 6.07 Å². The van der Waals surface area contributed by atoms with Gasteiger partial charge in [-0.3, -0.25) is 4.79 Å². The molecule has 116 valence electrons. The van der Waals surface area contributed by atoms with Crippen molar-refractivity contribution in [3.63, 3.8) is 0 Å². The van der Waals surface area contributed by atoms with Crippen LogP contribution in [0.1, 0.15) is 29.3 Å². The van der Waals surface area contributed by atoms with Crippen molar-refractivity contribution in [1.29, 1.82) is 0 Å². The second kappa shape index (κ2) is 8.12. The Balaban J connectivity index is 1.88. The summed E-state index contributed by atoms with van der Waals surface area (Å²) in [4.78, 5) is 16.2. The van der Waals surface area contributed by atoms with Crippen molar-refractivity contribution in [2.75, 3.05) is 18.4 Å². The number of carbonyl (C=O) groups excluding carboxylic acids is 1. The van der Waals surface area contributed by atoms with Crippen molar-refractivity contribution < 1.29 is 9.18 Å². The first-order chi connectivity index (χ1) is 10.7. The van der Waals surface area contributed by atoms with E-state index in [1.807, 2.05) is 0 Å². The largest absolute Gasteiger partial charge is 0.370 e. The minimum absolute atomic E-state index is 0.182. The summed E-state index contributed by atoms with van der Waals surface area (Å²) in [6.45, 7) is 3.26. The van der Waals surface area contributed by atoms with Gasteiger partial charge in [0.25, 0.3) is 5.91 Å². The van der Waals surface area contributed by atoms with Crippen LogP contribution in [0.3, 0.4) is 0 Å². The van der Waals surface area contributed by atoms with Crippen LogP contribution >= 0.6 is 0 Å². The van der Waals surface area contributed by atoms with Gasteiger partial charge >= 0.3 is 0 Å². The van der Waals surface area contributed by atoms with E-state index in [4.69, 9.17) is 0 Å². The van der Waals surface area contributed by atoms with Crippen molar-refractivity contribution in [2.45, 2.75) is 19.8 Å². The van der Waals surface area contributed by atoms with E-state index >= 15 is 0 Å². The van der Waals surface area contributed by atoms with E-state index in [9.17, 15) is 9.18 Å². The van der Waals surface area contributed by atoms with Crippen LogP contribution in [0.25, 0.3) is 0 Å². The number of benzene rings is 1. The number of carbonyl (C=O) groups is 1. The molecule has 1 amide bonds. The lowest BCUT2D eigenvalue weighted by Gasteiger charge is -2.08. The predicted octanol–water partition coefficient (Wildman–Crippen LogP) is 3.02. The van der Waals surface area contributed by atoms with Crippen LogP contribution in [0.4, 0.5) is 10.2 Å². The fourth-order valence-electron chi connectivity index (χ4n) is 2.04. The summed E-state index contributed by atoms with van der Waals surface area (Å²) in [5.74, 6) is 0.258. The Morgan fingerprint density at radius 2 is 2.05 bits per heavy atom. The third-order valence-corrected chi connectivity index (χ3v) is 3.22. The highest BCUT2D eigenvalue weighted by Gasteiger charge is 2.07. The highest BCUT2D eigenvalue weighted by molar-refractivity contribution is 5.94. The molecule has 0 radical (unpaired) electrons. The zero-order valence-corrected chi connectivity index (χ0v) is 12.6. The van der Waals surface area contributed by atoms with Gasteiger partial charge < -0.3 is 10.6 Å². The van der Waals surface area contributed by atoms with Crippen LogP contribution in [-0.4, -0.2) is 24.0 Å². The summed E-state index contributed by atoms with van der Waals surface area (Å²) in [7, 11) is 0. The number of hydrogen-bond acceptors (Lipinski definition) is 3. The van der Waals surface area contributed by atoms with Crippen molar-refractivity contribution in [3.05, 3.63) is 59.5 Å². The molecule has 2 aromatic rings. The number of nitrogens with one attached hydrogen (secondary N) is 2. The lowest BCUT2D eigenvalue weighted by Crippen LogP contribution is -2.26. The molecule has 0 aliphatic heterocycles. The molecule has 1 aromatic carbocycles. The molecular formula is C17H20FN3O. The smallest absolute Gasteiger partial charge is 0.251 e. The number of pyridine rings is 1. The van der Waals surface area contributed by atoms with E-state index in [0.29, 0.717) is 29.9 Å². The second-order valence-corrected chi connectivity index (χ2v) is 4.95. The van der Waals surface area contributed by atoms with Gasteiger partial charge in [-0.05, 0) is 36.6 Å². The maximum Gasteiger partial charge on any atom is 0.251 e. The highest BCUT2D eigenvalue weighted by atomic mass is 19.1. The predicted molar refractivity (Wildman–Crippen MR) is 85.5 cm³/mol. The monoisotopic (exact) mass is 301 g/mol. The number of halogens is 1. The van der Waals surface area contributed by atoms with Gasteiger partial charge in [0.2, 0.25) is 0 Å². The number of aromatic nitrogens is 1. The molecule has 5 heteroatoms. The first-order valence-electron chi connectivity index (χ1n) is 7.42. The van der Waals surface area contributed by atoms with Crippen molar-refractivity contribution >= 4 is 11.7 Å². The summed E-state index contributed by atoms with van der Waals surface area (Å²) in [5, 5.41) is 5.94. The molecule has 0 saturated carbocycles. The molecule has 0 bridgehead atoms. The van der Waals surface area contributed by atoms with Gasteiger partial charge in [0.05, 0.1) is 0 Å². The number of hydrogen-bond donors (Lipinski definition) is 2. The molecule has 1 aromatic heterocycles. The lowest BCUT2D eigenvalue weighted by atomic mass is 10.1. The van der Waals surface area contributed by atoms with Crippen LogP contribution in [0.2, 0.25) is 0 Å². The highest BCUT2D eigenvalue weighted by Crippen LogP contribution is 2.08. The lowest BCUT2D eigenvalue weighted by molar-refractivity contribution is 0.0954. The van der Waals surface area contributed by atoms with Crippen LogP contribution in [0.15, 0.2) is 42.6 Å². The van der Waals surface area contributed by atoms with Crippen molar-refractivity contribution in [1.82, 2.24) is 10.3 Å². The Kier molecular flexibility index (Phi) is 5.89. The summed E-state index contributed by atoms with van der Waals surface area (Å²) in [6.07, 6.45) is 3.05. The topological polar surface area (TPSA) is 54.0 Å². The second-order valence-electron chi connectivity index (χ2n) is 4.95. The van der Waals surface area contributed by atoms with Crippen molar-refractivity contribution in [2.24, 2.45) is 0 Å². The molecule has 0 fully saturated rings. The van der Waals surface area contributed by atoms with Gasteiger partial charge in [0, 0.05) is 24.8 Å². The number of anilines is 1. The molecular weight excluding hydrogens is 281 g/mol. The zero-order chi connectivity index (χ0) is 15.8. The van der Waals surface area contributed by atoms with E-state index in [0.717, 1.165) is 13.0 Å². The fourth-order valence-corrected chi connectivity index (χ4v) is 2.04. The van der Waals surface area contributed by atoms with Gasteiger partial charge in [-0.1, -0.05) is 25.1 Å². The van der Waals surface area contributed by atoms with E-state index < -0.39 is 0 Å². The van der Waals surface area contributed by atoms with Gasteiger partial charge in [-0.2, -0.15) is 0 Å². The Morgan fingerprint density at radius 1 is 1.23 bits per heavy atom. The molecule has 0 spiro atoms. The molecule has 0 aliphatic rings. The molecule has 22 heavy (non-hydrogen) atoms. The molecule has 0 saturated heterocycles. The first-order valence-corrected chi connectivity index (χ1v) is 7.42. The first kappa shape index (κ1) is 15.9. The Labute approximate surface area is 129 Å². The van der Waals surface area contributed by atoms with E-state index in [2.05, 4.69) is 22.5 Å². The van der Waals surface area contributed by atoms with Crippen LogP contribution in [-0.2, 0) is 6.42 Å². The summed E-state index contributed by atoms with van der Waals surface area (Å²) < 4.78 is 13.5. The number of nitrogens with zero attached hydrogens (tertiary/aromatic N) is 1. The maximum absolute atomic E-state index is 13.5. The Morgan fingerprint density at radius 3 is 2.82 bits per heavy atom. The molecule has 2 rings (SSSR count). The van der Waals surface area contributed by atoms with Gasteiger partial charge in [0.15, 0.2) is 0 Å². The minimum Gasteiger partial charge on any atom is -0.370 e. The summed E-state index contributed by atoms with van der Waals surface area (Å²) in [6, 6.07) is 9.96. The van der Waals surface area contributed by atoms with Gasteiger partial charge in [-0.25, -0.2) is 9.37 Å². The standard InChI is InChI=1S/C17H20FN3O/c1-2-9-19-16-12-14(8-10-20-16)17(22)21-11-7-13-5-3-4-6-15(13)18/h3-6,8,10,12H,2,7,9,11H2,1H3,(H,19,20)(H,21,22). The summed E-state index contributed by atoms with van der Waals surface area (Å²) in [5.41, 5.74) is 1.14. The zero-order valence-electron chi connectivity index (χ0n) is 12.6. The maximum atomic E-state index is 13.5. The number of amides is 1. The third kappa shape index (κ3) is 4.55. The average Bonchev–Trinajstić information content (AvgIpc) is 2.55. The average molecular weight is 301 g/mol. The molecule has 2 N–H and O–H groups in total. The van der Waals surface area contributed by atoms with E-state index in [-0.39, 0.29) is 11.7 Å². The van der Waals surface area contributed by atoms with Crippen molar-refractivity contribution in [3.8, 4) is 0 Å². The normalized spacial score (nSPS) is 10.3. The molecule has 1 heterocycles. The minimum atomic E-state index is -0.244. The van der Waals surface area contributed by atoms with Gasteiger partial charge in [-0.15, -0.1) is 0 Å². The summed E-state index contributed by atoms with van der Waals surface area (Å²) >= 11 is 0. The Bertz CT molecular complexity index is 631. The number of rotatable bonds is 7. The Hall–Kier alpha value is -2.43. The fraction of sp³-hybridized carbons (Fsp3) is 0.294. The van der Waals surface area contributed by atoms with Crippen LogP contribution in [0.5, 0.6) is 0 Å². The molecule has 0 atom stereocenters. The molecule has 4 nitrogen and oxygen atoms in total. The third-order valence-electron chi connectivity index (χ3n) is 3.22. The van der Waals surface area contributed by atoms with E-state index in [1.54, 1.807) is 36.5 Å². The van der Waals surface area contributed by atoms with Crippen LogP contribution < -0.4 is 10.6 Å².